The Kier molecular flexibility index (Phi) is 6.91. The number of methoxy groups -OCH3 is 1. The van der Waals surface area contributed by atoms with E-state index in [0.29, 0.717) is 17.0 Å². The number of para-hydroxylation sites is 1. The number of hydrogen-bond donors (Lipinski definition) is 1. The molecular weight excluding hydrogens is 448 g/mol. The molecule has 0 saturated heterocycles. The summed E-state index contributed by atoms with van der Waals surface area (Å²) in [5.41, 5.74) is 2.92. The fraction of sp³-hybridized carbons (Fsp3) is 0.296. The van der Waals surface area contributed by atoms with E-state index in [1.165, 1.54) is 7.11 Å². The lowest BCUT2D eigenvalue weighted by molar-refractivity contribution is -0.150. The van der Waals surface area contributed by atoms with Gasteiger partial charge in [-0.25, -0.2) is 4.79 Å². The van der Waals surface area contributed by atoms with Crippen LogP contribution in [0.1, 0.15) is 25.0 Å². The van der Waals surface area contributed by atoms with Crippen LogP contribution in [0.2, 0.25) is 0 Å². The van der Waals surface area contributed by atoms with Gasteiger partial charge in [0.25, 0.3) is 5.91 Å². The van der Waals surface area contributed by atoms with Crippen molar-refractivity contribution in [2.75, 3.05) is 25.6 Å². The Bertz CT molecular complexity index is 1340. The van der Waals surface area contributed by atoms with E-state index in [2.05, 4.69) is 5.32 Å². The summed E-state index contributed by atoms with van der Waals surface area (Å²) in [5.74, 6) is -2.35. The van der Waals surface area contributed by atoms with Crippen LogP contribution in [-0.4, -0.2) is 42.7 Å². The Hall–Kier alpha value is -4.07. The number of hydrogen-bond acceptors (Lipinski definition) is 6. The van der Waals surface area contributed by atoms with Crippen LogP contribution < -0.4 is 10.1 Å². The summed E-state index contributed by atoms with van der Waals surface area (Å²) in [5, 5.41) is 3.74. The largest absolute Gasteiger partial charge is 0.497 e. The number of nitrogens with one attached hydrogen (secondary N) is 1. The normalized spacial score (nSPS) is 14.8. The number of ether oxygens (including phenoxy) is 3. The highest BCUT2D eigenvalue weighted by molar-refractivity contribution is 6.35. The van der Waals surface area contributed by atoms with Gasteiger partial charge in [-0.3, -0.25) is 9.59 Å². The molecule has 0 spiro atoms. The molecule has 1 aromatic heterocycles. The molecule has 1 aliphatic rings. The van der Waals surface area contributed by atoms with Crippen molar-refractivity contribution < 1.29 is 28.6 Å². The molecule has 2 heterocycles. The van der Waals surface area contributed by atoms with Gasteiger partial charge < -0.3 is 24.1 Å². The van der Waals surface area contributed by atoms with Gasteiger partial charge in [0.15, 0.2) is 0 Å². The number of esters is 2. The number of fused-ring (bicyclic) bond motifs is 2. The summed E-state index contributed by atoms with van der Waals surface area (Å²) < 4.78 is 18.0. The minimum Gasteiger partial charge on any atom is -0.497 e. The summed E-state index contributed by atoms with van der Waals surface area (Å²) in [6, 6.07) is 12.9. The van der Waals surface area contributed by atoms with Crippen LogP contribution in [0.3, 0.4) is 0 Å². The molecule has 1 N–H and O–H groups in total. The highest BCUT2D eigenvalue weighted by Gasteiger charge is 2.39. The fourth-order valence-electron chi connectivity index (χ4n) is 4.52. The van der Waals surface area contributed by atoms with Crippen molar-refractivity contribution in [3.63, 3.8) is 0 Å². The van der Waals surface area contributed by atoms with Gasteiger partial charge in [0.05, 0.1) is 37.4 Å². The van der Waals surface area contributed by atoms with Crippen LogP contribution in [0.15, 0.2) is 54.2 Å². The number of aromatic nitrogens is 1. The zero-order valence-corrected chi connectivity index (χ0v) is 20.2. The van der Waals surface area contributed by atoms with Gasteiger partial charge in [-0.05, 0) is 50.1 Å². The lowest BCUT2D eigenvalue weighted by Gasteiger charge is -2.20. The third-order valence-corrected chi connectivity index (χ3v) is 6.06. The SMILES string of the molecule is CCOC(=O)/C(=C1\C(=O)Nc2ccc(OC)cc21)C(Cc1cn(C)c2ccccc12)C(=O)OCC. The third-order valence-electron chi connectivity index (χ3n) is 6.06. The Morgan fingerprint density at radius 2 is 1.80 bits per heavy atom. The Morgan fingerprint density at radius 1 is 1.06 bits per heavy atom. The predicted molar refractivity (Wildman–Crippen MR) is 132 cm³/mol. The lowest BCUT2D eigenvalue weighted by Crippen LogP contribution is -2.29. The molecule has 3 aromatic rings. The second-order valence-electron chi connectivity index (χ2n) is 8.17. The molecular formula is C27H28N2O6. The standard InChI is InChI=1S/C27H28N2O6/c1-5-34-26(31)20(13-16-15-29(3)22-10-8-7-9-18(16)22)24(27(32)35-6-2)23-19-14-17(33-4)11-12-21(19)28-25(23)30/h7-12,14-15,20H,5-6,13H2,1-4H3,(H,28,30)/b24-23-. The maximum atomic E-state index is 13.3. The molecule has 0 fully saturated rings. The quantitative estimate of drug-likeness (QED) is 0.392. The number of amides is 1. The highest BCUT2D eigenvalue weighted by Crippen LogP contribution is 2.40. The molecule has 1 aliphatic heterocycles. The molecule has 1 amide bonds. The van der Waals surface area contributed by atoms with Gasteiger partial charge >= 0.3 is 11.9 Å². The van der Waals surface area contributed by atoms with Gasteiger partial charge in [-0.15, -0.1) is 0 Å². The van der Waals surface area contributed by atoms with Gasteiger partial charge in [-0.1, -0.05) is 18.2 Å². The van der Waals surface area contributed by atoms with E-state index >= 15 is 0 Å². The number of nitrogens with zero attached hydrogens (tertiary/aromatic N) is 1. The van der Waals surface area contributed by atoms with Crippen molar-refractivity contribution in [2.45, 2.75) is 20.3 Å². The van der Waals surface area contributed by atoms with Gasteiger partial charge in [-0.2, -0.15) is 0 Å². The first kappa shape index (κ1) is 24.1. The van der Waals surface area contributed by atoms with E-state index in [9.17, 15) is 14.4 Å². The molecule has 1 atom stereocenters. The van der Waals surface area contributed by atoms with Crippen LogP contribution in [0.4, 0.5) is 5.69 Å². The lowest BCUT2D eigenvalue weighted by atomic mass is 9.86. The first-order chi connectivity index (χ1) is 16.9. The van der Waals surface area contributed by atoms with Crippen LogP contribution in [0.25, 0.3) is 16.5 Å². The van der Waals surface area contributed by atoms with E-state index in [1.54, 1.807) is 32.0 Å². The maximum Gasteiger partial charge on any atom is 0.335 e. The average Bonchev–Trinajstić information content (AvgIpc) is 3.34. The molecule has 0 saturated carbocycles. The van der Waals surface area contributed by atoms with Crippen molar-refractivity contribution in [1.29, 1.82) is 0 Å². The van der Waals surface area contributed by atoms with E-state index < -0.39 is 23.8 Å². The first-order valence-corrected chi connectivity index (χ1v) is 11.5. The van der Waals surface area contributed by atoms with Crippen molar-refractivity contribution in [3.8, 4) is 5.75 Å². The first-order valence-electron chi connectivity index (χ1n) is 11.5. The van der Waals surface area contributed by atoms with E-state index in [1.807, 2.05) is 42.1 Å². The number of rotatable bonds is 8. The van der Waals surface area contributed by atoms with Crippen molar-refractivity contribution in [1.82, 2.24) is 4.57 Å². The smallest absolute Gasteiger partial charge is 0.335 e. The van der Waals surface area contributed by atoms with Crippen molar-refractivity contribution >= 4 is 40.0 Å². The Balaban J connectivity index is 1.93. The van der Waals surface area contributed by atoms with Gasteiger partial charge in [0.1, 0.15) is 5.75 Å². The number of benzene rings is 2. The molecule has 2 aromatic carbocycles. The summed E-state index contributed by atoms with van der Waals surface area (Å²) in [6.45, 7) is 3.60. The minimum absolute atomic E-state index is 0.0252. The molecule has 35 heavy (non-hydrogen) atoms. The highest BCUT2D eigenvalue weighted by atomic mass is 16.5. The predicted octanol–water partition coefficient (Wildman–Crippen LogP) is 3.88. The summed E-state index contributed by atoms with van der Waals surface area (Å²) in [4.78, 5) is 39.8. The van der Waals surface area contributed by atoms with Crippen LogP contribution >= 0.6 is 0 Å². The summed E-state index contributed by atoms with van der Waals surface area (Å²) in [6.07, 6.45) is 2.08. The van der Waals surface area contributed by atoms with Gasteiger partial charge in [0.2, 0.25) is 0 Å². The molecule has 0 bridgehead atoms. The number of carbonyl (C=O) groups excluding carboxylic acids is 3. The van der Waals surface area contributed by atoms with Crippen LogP contribution in [0, 0.1) is 5.92 Å². The molecule has 4 rings (SSSR count). The van der Waals surface area contributed by atoms with Crippen molar-refractivity contribution in [3.05, 3.63) is 65.4 Å². The minimum atomic E-state index is -1.06. The molecule has 8 nitrogen and oxygen atoms in total. The van der Waals surface area contributed by atoms with E-state index in [4.69, 9.17) is 14.2 Å². The zero-order valence-electron chi connectivity index (χ0n) is 20.2. The maximum absolute atomic E-state index is 13.3. The summed E-state index contributed by atoms with van der Waals surface area (Å²) >= 11 is 0. The van der Waals surface area contributed by atoms with E-state index in [0.717, 1.165) is 16.5 Å². The third kappa shape index (κ3) is 4.51. The Morgan fingerprint density at radius 3 is 2.51 bits per heavy atom. The molecule has 8 heteroatoms. The van der Waals surface area contributed by atoms with E-state index in [-0.39, 0.29) is 30.8 Å². The fourth-order valence-corrected chi connectivity index (χ4v) is 4.52. The molecule has 182 valence electrons. The number of aryl methyl sites for hydroxylation is 1. The zero-order chi connectivity index (χ0) is 25.1. The van der Waals surface area contributed by atoms with Crippen LogP contribution in [-0.2, 0) is 37.3 Å². The topological polar surface area (TPSA) is 95.9 Å². The second kappa shape index (κ2) is 10.0. The Labute approximate surface area is 203 Å². The molecule has 0 radical (unpaired) electrons. The monoisotopic (exact) mass is 476 g/mol. The van der Waals surface area contributed by atoms with Gasteiger partial charge in [0, 0.05) is 35.4 Å². The molecule has 0 aliphatic carbocycles. The molecule has 1 unspecified atom stereocenters. The summed E-state index contributed by atoms with van der Waals surface area (Å²) in [7, 11) is 3.44. The second-order valence-corrected chi connectivity index (χ2v) is 8.17. The number of anilines is 1. The average molecular weight is 477 g/mol. The van der Waals surface area contributed by atoms with Crippen molar-refractivity contribution in [2.24, 2.45) is 13.0 Å². The number of carbonyl (C=O) groups is 3. The van der Waals surface area contributed by atoms with Crippen LogP contribution in [0.5, 0.6) is 5.75 Å².